The number of nitrogens with one attached hydrogen (secondary N) is 1. The summed E-state index contributed by atoms with van der Waals surface area (Å²) in [5.74, 6) is 0.120. The predicted molar refractivity (Wildman–Crippen MR) is 88.9 cm³/mol. The van der Waals surface area contributed by atoms with Gasteiger partial charge in [0.15, 0.2) is 0 Å². The third kappa shape index (κ3) is 4.27. The van der Waals surface area contributed by atoms with Crippen molar-refractivity contribution in [1.29, 1.82) is 0 Å². The van der Waals surface area contributed by atoms with E-state index in [9.17, 15) is 4.79 Å². The van der Waals surface area contributed by atoms with E-state index in [4.69, 9.17) is 10.5 Å². The van der Waals surface area contributed by atoms with Crippen LogP contribution in [0.5, 0.6) is 0 Å². The van der Waals surface area contributed by atoms with E-state index in [2.05, 4.69) is 36.5 Å². The molecule has 2 unspecified atom stereocenters. The summed E-state index contributed by atoms with van der Waals surface area (Å²) in [5, 5.41) is 6.00. The van der Waals surface area contributed by atoms with Crippen molar-refractivity contribution in [2.24, 2.45) is 11.7 Å². The highest BCUT2D eigenvalue weighted by molar-refractivity contribution is 7.09. The van der Waals surface area contributed by atoms with Crippen molar-refractivity contribution in [3.63, 3.8) is 0 Å². The third-order valence-electron chi connectivity index (χ3n) is 4.10. The number of carbonyl (C=O) groups is 1. The lowest BCUT2D eigenvalue weighted by Gasteiger charge is -2.27. The number of aromatic nitrogens is 1. The molecule has 0 bridgehead atoms. The van der Waals surface area contributed by atoms with Crippen LogP contribution in [0.15, 0.2) is 5.38 Å². The Morgan fingerprint density at radius 2 is 2.09 bits per heavy atom. The van der Waals surface area contributed by atoms with Gasteiger partial charge in [-0.05, 0) is 25.7 Å². The van der Waals surface area contributed by atoms with Gasteiger partial charge in [0.05, 0.1) is 17.8 Å². The van der Waals surface area contributed by atoms with Crippen LogP contribution in [0.2, 0.25) is 0 Å². The van der Waals surface area contributed by atoms with Gasteiger partial charge in [-0.15, -0.1) is 11.3 Å². The molecule has 0 spiro atoms. The average Bonchev–Trinajstić information content (AvgIpc) is 2.97. The molecule has 0 saturated carbocycles. The molecule has 6 heteroatoms. The summed E-state index contributed by atoms with van der Waals surface area (Å²) in [7, 11) is 0. The summed E-state index contributed by atoms with van der Waals surface area (Å²) in [4.78, 5) is 17.0. The number of thiazole rings is 1. The van der Waals surface area contributed by atoms with E-state index >= 15 is 0 Å². The zero-order chi connectivity index (χ0) is 16.3. The fraction of sp³-hybridized carbons (Fsp3) is 0.750. The number of hydrogen-bond acceptors (Lipinski definition) is 5. The van der Waals surface area contributed by atoms with Crippen LogP contribution in [0, 0.1) is 5.92 Å². The molecule has 124 valence electrons. The van der Waals surface area contributed by atoms with E-state index in [1.165, 1.54) is 0 Å². The quantitative estimate of drug-likeness (QED) is 0.891. The molecule has 0 aromatic carbocycles. The molecule has 3 N–H and O–H groups in total. The smallest absolute Gasteiger partial charge is 0.237 e. The maximum Gasteiger partial charge on any atom is 0.237 e. The minimum atomic E-state index is -0.464. The van der Waals surface area contributed by atoms with E-state index in [1.807, 2.05) is 6.92 Å². The monoisotopic (exact) mass is 325 g/mol. The van der Waals surface area contributed by atoms with Gasteiger partial charge in [0.2, 0.25) is 5.91 Å². The number of hydrogen-bond donors (Lipinski definition) is 2. The second-order valence-corrected chi connectivity index (χ2v) is 7.92. The molecule has 2 rings (SSSR count). The minimum Gasteiger partial charge on any atom is -0.381 e. The molecule has 0 aliphatic carbocycles. The van der Waals surface area contributed by atoms with Crippen LogP contribution < -0.4 is 11.1 Å². The molecule has 1 fully saturated rings. The Morgan fingerprint density at radius 1 is 1.45 bits per heavy atom. The van der Waals surface area contributed by atoms with Gasteiger partial charge >= 0.3 is 0 Å². The molecule has 1 amide bonds. The van der Waals surface area contributed by atoms with Crippen LogP contribution in [0.4, 0.5) is 0 Å². The first kappa shape index (κ1) is 17.4. The molecule has 1 aromatic rings. The molecular formula is C16H27N3O2S. The Hall–Kier alpha value is -0.980. The summed E-state index contributed by atoms with van der Waals surface area (Å²) in [6, 6.07) is -0.576. The highest BCUT2D eigenvalue weighted by Crippen LogP contribution is 2.27. The standard InChI is InChI=1S/C16H27N3O2S/c1-10(15-19-12(9-22-15)16(2,3)4)18-14(20)13(17)11-5-7-21-8-6-11/h9-11,13H,5-8,17H2,1-4H3,(H,18,20). The highest BCUT2D eigenvalue weighted by Gasteiger charge is 2.28. The maximum absolute atomic E-state index is 12.3. The summed E-state index contributed by atoms with van der Waals surface area (Å²) in [6.45, 7) is 9.76. The van der Waals surface area contributed by atoms with Crippen LogP contribution in [0.1, 0.15) is 57.3 Å². The summed E-state index contributed by atoms with van der Waals surface area (Å²) in [6.07, 6.45) is 1.71. The molecule has 1 aliphatic rings. The Morgan fingerprint density at radius 3 is 2.64 bits per heavy atom. The number of nitrogens with two attached hydrogens (primary N) is 1. The molecule has 1 aliphatic heterocycles. The van der Waals surface area contributed by atoms with Crippen LogP contribution in [0.25, 0.3) is 0 Å². The lowest BCUT2D eigenvalue weighted by atomic mass is 9.91. The van der Waals surface area contributed by atoms with Crippen LogP contribution in [0.3, 0.4) is 0 Å². The molecule has 1 aromatic heterocycles. The van der Waals surface area contributed by atoms with E-state index < -0.39 is 6.04 Å². The Balaban J connectivity index is 1.94. The van der Waals surface area contributed by atoms with Gasteiger partial charge in [0, 0.05) is 24.0 Å². The van der Waals surface area contributed by atoms with Crippen molar-refractivity contribution in [2.45, 2.75) is 58.0 Å². The first-order valence-electron chi connectivity index (χ1n) is 7.88. The predicted octanol–water partition coefficient (Wildman–Crippen LogP) is 2.37. The van der Waals surface area contributed by atoms with Crippen LogP contribution in [-0.4, -0.2) is 30.1 Å². The molecule has 22 heavy (non-hydrogen) atoms. The SMILES string of the molecule is CC(NC(=O)C(N)C1CCOCC1)c1nc(C(C)(C)C)cs1. The number of ether oxygens (including phenoxy) is 1. The molecule has 5 nitrogen and oxygen atoms in total. The average molecular weight is 325 g/mol. The van der Waals surface area contributed by atoms with Gasteiger partial charge < -0.3 is 15.8 Å². The zero-order valence-electron chi connectivity index (χ0n) is 13.9. The fourth-order valence-electron chi connectivity index (χ4n) is 2.49. The van der Waals surface area contributed by atoms with Crippen molar-refractivity contribution in [1.82, 2.24) is 10.3 Å². The highest BCUT2D eigenvalue weighted by atomic mass is 32.1. The van der Waals surface area contributed by atoms with Crippen molar-refractivity contribution in [3.8, 4) is 0 Å². The Bertz CT molecular complexity index is 504. The summed E-state index contributed by atoms with van der Waals surface area (Å²) in [5.41, 5.74) is 7.19. The molecule has 2 heterocycles. The summed E-state index contributed by atoms with van der Waals surface area (Å²) < 4.78 is 5.32. The molecule has 2 atom stereocenters. The fourth-order valence-corrected chi connectivity index (χ4v) is 3.54. The van der Waals surface area contributed by atoms with Gasteiger partial charge in [-0.1, -0.05) is 20.8 Å². The Kier molecular flexibility index (Phi) is 5.58. The van der Waals surface area contributed by atoms with E-state index in [1.54, 1.807) is 11.3 Å². The third-order valence-corrected chi connectivity index (χ3v) is 5.12. The van der Waals surface area contributed by atoms with Gasteiger partial charge in [0.1, 0.15) is 5.01 Å². The van der Waals surface area contributed by atoms with E-state index in [0.29, 0.717) is 13.2 Å². The number of nitrogens with zero attached hydrogens (tertiary/aromatic N) is 1. The second-order valence-electron chi connectivity index (χ2n) is 7.03. The lowest BCUT2D eigenvalue weighted by molar-refractivity contribution is -0.125. The van der Waals surface area contributed by atoms with E-state index in [0.717, 1.165) is 23.5 Å². The molecular weight excluding hydrogens is 298 g/mol. The first-order valence-corrected chi connectivity index (χ1v) is 8.76. The van der Waals surface area contributed by atoms with Crippen molar-refractivity contribution in [2.75, 3.05) is 13.2 Å². The number of carbonyl (C=O) groups excluding carboxylic acids is 1. The lowest BCUT2D eigenvalue weighted by Crippen LogP contribution is -2.47. The maximum atomic E-state index is 12.3. The summed E-state index contributed by atoms with van der Waals surface area (Å²) >= 11 is 1.59. The number of amides is 1. The first-order chi connectivity index (χ1) is 10.3. The minimum absolute atomic E-state index is 0.0248. The van der Waals surface area contributed by atoms with Crippen molar-refractivity contribution < 1.29 is 9.53 Å². The Labute approximate surface area is 136 Å². The van der Waals surface area contributed by atoms with E-state index in [-0.39, 0.29) is 23.3 Å². The van der Waals surface area contributed by atoms with Gasteiger partial charge in [-0.3, -0.25) is 4.79 Å². The number of rotatable bonds is 4. The van der Waals surface area contributed by atoms with Gasteiger partial charge in [0.25, 0.3) is 0 Å². The van der Waals surface area contributed by atoms with Gasteiger partial charge in [-0.2, -0.15) is 0 Å². The van der Waals surface area contributed by atoms with Crippen molar-refractivity contribution in [3.05, 3.63) is 16.1 Å². The van der Waals surface area contributed by atoms with Crippen LogP contribution in [-0.2, 0) is 14.9 Å². The molecule has 0 radical (unpaired) electrons. The second kappa shape index (κ2) is 7.06. The zero-order valence-corrected chi connectivity index (χ0v) is 14.7. The largest absolute Gasteiger partial charge is 0.381 e. The van der Waals surface area contributed by atoms with Gasteiger partial charge in [-0.25, -0.2) is 4.98 Å². The van der Waals surface area contributed by atoms with Crippen molar-refractivity contribution >= 4 is 17.2 Å². The van der Waals surface area contributed by atoms with Crippen LogP contribution >= 0.6 is 11.3 Å². The normalized spacial score (nSPS) is 19.7. The molecule has 1 saturated heterocycles. The topological polar surface area (TPSA) is 77.2 Å².